The van der Waals surface area contributed by atoms with Crippen LogP contribution in [-0.4, -0.2) is 51.4 Å². The number of methoxy groups -OCH3 is 1. The van der Waals surface area contributed by atoms with Gasteiger partial charge in [-0.15, -0.1) is 0 Å². The smallest absolute Gasteiger partial charge is 0.264 e. The number of ether oxygens (including phenoxy) is 1. The van der Waals surface area contributed by atoms with Crippen molar-refractivity contribution >= 4 is 39.1 Å². The first-order valence-electron chi connectivity index (χ1n) is 13.9. The van der Waals surface area contributed by atoms with Crippen LogP contribution in [0, 0.1) is 19.8 Å². The van der Waals surface area contributed by atoms with Crippen molar-refractivity contribution in [3.8, 4) is 5.75 Å². The number of benzene rings is 3. The Bertz CT molecular complexity index is 1490. The van der Waals surface area contributed by atoms with E-state index >= 15 is 0 Å². The summed E-state index contributed by atoms with van der Waals surface area (Å²) >= 11 is 6.31. The average Bonchev–Trinajstić information content (AvgIpc) is 2.96. The van der Waals surface area contributed by atoms with Gasteiger partial charge in [-0.3, -0.25) is 13.9 Å². The van der Waals surface area contributed by atoms with Crippen molar-refractivity contribution in [2.75, 3.05) is 24.5 Å². The van der Waals surface area contributed by atoms with Gasteiger partial charge in [0.05, 0.1) is 17.7 Å². The minimum Gasteiger partial charge on any atom is -0.497 e. The maximum Gasteiger partial charge on any atom is 0.264 e. The second kappa shape index (κ2) is 14.6. The summed E-state index contributed by atoms with van der Waals surface area (Å²) in [4.78, 5) is 29.1. The van der Waals surface area contributed by atoms with Gasteiger partial charge >= 0.3 is 0 Å². The summed E-state index contributed by atoms with van der Waals surface area (Å²) in [5.41, 5.74) is 2.56. The van der Waals surface area contributed by atoms with Crippen LogP contribution in [0.1, 0.15) is 43.9 Å². The molecule has 8 nitrogen and oxygen atoms in total. The summed E-state index contributed by atoms with van der Waals surface area (Å²) in [5, 5.41) is 3.27. The van der Waals surface area contributed by atoms with Crippen LogP contribution in [-0.2, 0) is 26.2 Å². The highest BCUT2D eigenvalue weighted by Gasteiger charge is 2.34. The van der Waals surface area contributed by atoms with Crippen molar-refractivity contribution in [1.29, 1.82) is 0 Å². The molecule has 0 saturated heterocycles. The third-order valence-electron chi connectivity index (χ3n) is 6.89. The number of rotatable bonds is 13. The van der Waals surface area contributed by atoms with Crippen LogP contribution in [0.5, 0.6) is 5.75 Å². The number of halogens is 1. The van der Waals surface area contributed by atoms with Crippen LogP contribution in [0.4, 0.5) is 5.69 Å². The van der Waals surface area contributed by atoms with Crippen LogP contribution in [0.2, 0.25) is 5.02 Å². The van der Waals surface area contributed by atoms with Gasteiger partial charge in [0.2, 0.25) is 11.8 Å². The summed E-state index contributed by atoms with van der Waals surface area (Å²) in [6.07, 6.45) is 0.334. The Hall–Kier alpha value is -3.56. The number of hydrogen-bond acceptors (Lipinski definition) is 5. The van der Waals surface area contributed by atoms with E-state index in [1.807, 2.05) is 33.8 Å². The number of amides is 2. The van der Waals surface area contributed by atoms with E-state index in [1.165, 1.54) is 23.1 Å². The molecule has 0 aromatic heterocycles. The molecule has 1 N–H and O–H groups in total. The first kappa shape index (κ1) is 32.9. The van der Waals surface area contributed by atoms with Crippen LogP contribution < -0.4 is 14.4 Å². The molecule has 3 aromatic rings. The van der Waals surface area contributed by atoms with Crippen molar-refractivity contribution in [2.45, 2.75) is 58.5 Å². The Morgan fingerprint density at radius 3 is 2.31 bits per heavy atom. The van der Waals surface area contributed by atoms with Gasteiger partial charge in [-0.1, -0.05) is 68.3 Å². The van der Waals surface area contributed by atoms with E-state index in [2.05, 4.69) is 5.32 Å². The Kier molecular flexibility index (Phi) is 11.4. The molecule has 1 atom stereocenters. The van der Waals surface area contributed by atoms with Crippen molar-refractivity contribution in [3.63, 3.8) is 0 Å². The number of hydrogen-bond donors (Lipinski definition) is 1. The fraction of sp³-hybridized carbons (Fsp3) is 0.375. The van der Waals surface area contributed by atoms with Crippen LogP contribution in [0.25, 0.3) is 0 Å². The van der Waals surface area contributed by atoms with E-state index < -0.39 is 28.5 Å². The Morgan fingerprint density at radius 1 is 1.00 bits per heavy atom. The molecular formula is C32H40ClN3O5S. The summed E-state index contributed by atoms with van der Waals surface area (Å²) in [6.45, 7) is 9.43. The molecule has 0 heterocycles. The van der Waals surface area contributed by atoms with Crippen LogP contribution in [0.3, 0.4) is 0 Å². The zero-order valence-corrected chi connectivity index (χ0v) is 26.6. The molecule has 42 heavy (non-hydrogen) atoms. The lowest BCUT2D eigenvalue weighted by Crippen LogP contribution is -2.52. The number of aryl methyl sites for hydroxylation is 2. The van der Waals surface area contributed by atoms with E-state index in [0.29, 0.717) is 29.3 Å². The van der Waals surface area contributed by atoms with E-state index in [9.17, 15) is 18.0 Å². The molecule has 2 amide bonds. The molecule has 0 aliphatic heterocycles. The van der Waals surface area contributed by atoms with Crippen molar-refractivity contribution in [2.24, 2.45) is 5.92 Å². The molecule has 0 saturated carbocycles. The van der Waals surface area contributed by atoms with Gasteiger partial charge in [-0.2, -0.15) is 0 Å². The third-order valence-corrected chi connectivity index (χ3v) is 8.89. The summed E-state index contributed by atoms with van der Waals surface area (Å²) < 4.78 is 34.6. The number of carbonyl (C=O) groups excluding carboxylic acids is 2. The largest absolute Gasteiger partial charge is 0.497 e. The number of sulfonamides is 1. The molecule has 3 aromatic carbocycles. The fourth-order valence-electron chi connectivity index (χ4n) is 4.51. The number of anilines is 1. The van der Waals surface area contributed by atoms with Gasteiger partial charge in [0, 0.05) is 18.1 Å². The normalized spacial score (nSPS) is 12.1. The molecule has 0 aliphatic rings. The topological polar surface area (TPSA) is 96.0 Å². The SMILES string of the molecule is CC[C@H](C(=O)NCC(C)C)N(Cc1cccc(OC)c1)C(=O)CN(c1cc(Cl)ccc1C)S(=O)(=O)c1ccc(C)cc1. The van der Waals surface area contributed by atoms with Crippen molar-refractivity contribution in [3.05, 3.63) is 88.4 Å². The van der Waals surface area contributed by atoms with E-state index in [1.54, 1.807) is 56.5 Å². The maximum absolute atomic E-state index is 14.2. The average molecular weight is 614 g/mol. The molecule has 0 unspecified atom stereocenters. The lowest BCUT2D eigenvalue weighted by atomic mass is 10.1. The molecule has 0 fully saturated rings. The third kappa shape index (κ3) is 8.26. The summed E-state index contributed by atoms with van der Waals surface area (Å²) in [7, 11) is -2.64. The minimum atomic E-state index is -4.19. The van der Waals surface area contributed by atoms with E-state index in [-0.39, 0.29) is 29.0 Å². The fourth-order valence-corrected chi connectivity index (χ4v) is 6.15. The molecule has 0 spiro atoms. The van der Waals surface area contributed by atoms with E-state index in [0.717, 1.165) is 15.4 Å². The van der Waals surface area contributed by atoms with Gasteiger partial charge < -0.3 is 15.0 Å². The Balaban J connectivity index is 2.10. The first-order valence-corrected chi connectivity index (χ1v) is 15.7. The standard InChI is InChI=1S/C32H40ClN3O5S/c1-7-29(32(38)34-19-22(2)3)35(20-25-9-8-10-27(17-25)41-6)31(37)21-36(30-18-26(33)14-13-24(30)5)42(39,40)28-15-11-23(4)12-16-28/h8-18,22,29H,7,19-21H2,1-6H3,(H,34,38)/t29-/m1/s1. The lowest BCUT2D eigenvalue weighted by molar-refractivity contribution is -0.140. The highest BCUT2D eigenvalue weighted by atomic mass is 35.5. The van der Waals surface area contributed by atoms with Crippen LogP contribution >= 0.6 is 11.6 Å². The van der Waals surface area contributed by atoms with Gasteiger partial charge in [0.25, 0.3) is 10.0 Å². The molecule has 0 radical (unpaired) electrons. The van der Waals surface area contributed by atoms with Crippen molar-refractivity contribution in [1.82, 2.24) is 10.2 Å². The molecular weight excluding hydrogens is 574 g/mol. The lowest BCUT2D eigenvalue weighted by Gasteiger charge is -2.33. The van der Waals surface area contributed by atoms with Gasteiger partial charge in [-0.25, -0.2) is 8.42 Å². The highest BCUT2D eigenvalue weighted by molar-refractivity contribution is 7.92. The number of nitrogens with zero attached hydrogens (tertiary/aromatic N) is 2. The zero-order chi connectivity index (χ0) is 31.0. The molecule has 226 valence electrons. The predicted octanol–water partition coefficient (Wildman–Crippen LogP) is 5.74. The monoisotopic (exact) mass is 613 g/mol. The Morgan fingerprint density at radius 2 is 1.69 bits per heavy atom. The minimum absolute atomic E-state index is 0.0429. The second-order valence-corrected chi connectivity index (χ2v) is 13.0. The quantitative estimate of drug-likeness (QED) is 0.265. The highest BCUT2D eigenvalue weighted by Crippen LogP contribution is 2.30. The molecule has 10 heteroatoms. The summed E-state index contributed by atoms with van der Waals surface area (Å²) in [5.74, 6) is -0.000900. The second-order valence-electron chi connectivity index (χ2n) is 10.7. The molecule has 0 bridgehead atoms. The molecule has 0 aliphatic carbocycles. The van der Waals surface area contributed by atoms with Crippen molar-refractivity contribution < 1.29 is 22.7 Å². The summed E-state index contributed by atoms with van der Waals surface area (Å²) in [6, 6.07) is 17.8. The van der Waals surface area contributed by atoms with E-state index in [4.69, 9.17) is 16.3 Å². The maximum atomic E-state index is 14.2. The number of carbonyl (C=O) groups is 2. The van der Waals surface area contributed by atoms with Gasteiger partial charge in [0.1, 0.15) is 18.3 Å². The van der Waals surface area contributed by atoms with Gasteiger partial charge in [-0.05, 0) is 73.7 Å². The first-order chi connectivity index (χ1) is 19.9. The van der Waals surface area contributed by atoms with Gasteiger partial charge in [0.15, 0.2) is 0 Å². The Labute approximate surface area is 254 Å². The molecule has 3 rings (SSSR count). The predicted molar refractivity (Wildman–Crippen MR) is 167 cm³/mol. The number of nitrogens with one attached hydrogen (secondary N) is 1. The van der Waals surface area contributed by atoms with Crippen LogP contribution in [0.15, 0.2) is 71.6 Å². The zero-order valence-electron chi connectivity index (χ0n) is 25.1.